The van der Waals surface area contributed by atoms with E-state index in [4.69, 9.17) is 9.57 Å². The highest BCUT2D eigenvalue weighted by Gasteiger charge is 2.47. The van der Waals surface area contributed by atoms with Crippen LogP contribution in [0.15, 0.2) is 5.16 Å². The number of likely N-dealkylation sites (tertiary alicyclic amines) is 1. The number of hydrogen-bond donors (Lipinski definition) is 0. The second-order valence-corrected chi connectivity index (χ2v) is 5.45. The van der Waals surface area contributed by atoms with Crippen molar-refractivity contribution >= 4 is 11.8 Å². The summed E-state index contributed by atoms with van der Waals surface area (Å²) < 4.78 is 30.5. The van der Waals surface area contributed by atoms with Crippen molar-refractivity contribution in [1.82, 2.24) is 4.90 Å². The number of ether oxygens (including phenoxy) is 1. The Hall–Kier alpha value is -1.40. The quantitative estimate of drug-likeness (QED) is 0.725. The van der Waals surface area contributed by atoms with Gasteiger partial charge in [0.1, 0.15) is 11.3 Å². The number of halogens is 2. The molecule has 2 rings (SSSR count). The van der Waals surface area contributed by atoms with Crippen LogP contribution in [0, 0.1) is 5.92 Å². The molecule has 0 bridgehead atoms. The number of carbonyl (C=O) groups excluding carboxylic acids is 1. The highest BCUT2D eigenvalue weighted by Crippen LogP contribution is 2.30. The van der Waals surface area contributed by atoms with Crippen LogP contribution in [0.1, 0.15) is 20.8 Å². The minimum Gasteiger partial charge on any atom is -0.444 e. The van der Waals surface area contributed by atoms with E-state index in [2.05, 4.69) is 5.16 Å². The second kappa shape index (κ2) is 4.37. The van der Waals surface area contributed by atoms with Gasteiger partial charge in [0.2, 0.25) is 0 Å². The summed E-state index contributed by atoms with van der Waals surface area (Å²) in [6, 6.07) is 0. The monoisotopic (exact) mass is 262 g/mol. The molecule has 2 aliphatic rings. The topological polar surface area (TPSA) is 51.1 Å². The summed E-state index contributed by atoms with van der Waals surface area (Å²) >= 11 is 0. The number of alkyl halides is 2. The first-order valence-corrected chi connectivity index (χ1v) is 5.77. The van der Waals surface area contributed by atoms with Gasteiger partial charge in [-0.25, -0.2) is 13.6 Å². The molecule has 5 nitrogen and oxygen atoms in total. The van der Waals surface area contributed by atoms with Crippen molar-refractivity contribution in [2.45, 2.75) is 38.9 Å². The molecule has 0 saturated carbocycles. The fourth-order valence-electron chi connectivity index (χ4n) is 2.04. The van der Waals surface area contributed by atoms with Crippen LogP contribution >= 0.6 is 0 Å². The van der Waals surface area contributed by atoms with Gasteiger partial charge in [0.25, 0.3) is 6.43 Å². The van der Waals surface area contributed by atoms with Crippen molar-refractivity contribution in [3.05, 3.63) is 0 Å². The minimum absolute atomic E-state index is 0.169. The molecule has 1 fully saturated rings. The van der Waals surface area contributed by atoms with Gasteiger partial charge >= 0.3 is 6.09 Å². The third-order valence-corrected chi connectivity index (χ3v) is 2.81. The molecule has 0 radical (unpaired) electrons. The molecule has 18 heavy (non-hydrogen) atoms. The van der Waals surface area contributed by atoms with Crippen molar-refractivity contribution in [2.75, 3.05) is 13.1 Å². The summed E-state index contributed by atoms with van der Waals surface area (Å²) in [7, 11) is 0. The van der Waals surface area contributed by atoms with Crippen LogP contribution in [-0.2, 0) is 9.57 Å². The number of oxime groups is 1. The Labute approximate surface area is 104 Å². The smallest absolute Gasteiger partial charge is 0.410 e. The number of amides is 1. The number of rotatable bonds is 1. The lowest BCUT2D eigenvalue weighted by molar-refractivity contribution is 0.0226. The van der Waals surface area contributed by atoms with Crippen LogP contribution in [0.3, 0.4) is 0 Å². The average Bonchev–Trinajstić information content (AvgIpc) is 2.70. The van der Waals surface area contributed by atoms with E-state index in [-0.39, 0.29) is 18.8 Å². The Morgan fingerprint density at radius 1 is 1.50 bits per heavy atom. The SMILES string of the molecule is CC(C)(C)OC(=O)N1CC2ON=C(C(F)F)C2C1. The summed E-state index contributed by atoms with van der Waals surface area (Å²) in [4.78, 5) is 18.1. The number of fused-ring (bicyclic) bond motifs is 1. The average molecular weight is 262 g/mol. The molecule has 2 unspecified atom stereocenters. The van der Waals surface area contributed by atoms with Crippen LogP contribution in [0.4, 0.5) is 13.6 Å². The van der Waals surface area contributed by atoms with Crippen LogP contribution < -0.4 is 0 Å². The van der Waals surface area contributed by atoms with Crippen molar-refractivity contribution in [3.63, 3.8) is 0 Å². The summed E-state index contributed by atoms with van der Waals surface area (Å²) in [5.74, 6) is -0.516. The van der Waals surface area contributed by atoms with E-state index in [1.807, 2.05) is 0 Å². The van der Waals surface area contributed by atoms with E-state index >= 15 is 0 Å². The molecule has 1 saturated heterocycles. The van der Waals surface area contributed by atoms with Gasteiger partial charge in [-0.3, -0.25) is 0 Å². The Morgan fingerprint density at radius 2 is 2.17 bits per heavy atom. The lowest BCUT2D eigenvalue weighted by Crippen LogP contribution is -2.36. The first-order valence-electron chi connectivity index (χ1n) is 5.77. The zero-order valence-electron chi connectivity index (χ0n) is 10.5. The van der Waals surface area contributed by atoms with Crippen LogP contribution in [0.5, 0.6) is 0 Å². The van der Waals surface area contributed by atoms with Gasteiger partial charge in [-0.15, -0.1) is 0 Å². The Bertz CT molecular complexity index is 379. The predicted octanol–water partition coefficient (Wildman–Crippen LogP) is 1.87. The number of nitrogens with zero attached hydrogens (tertiary/aromatic N) is 2. The Kier molecular flexibility index (Phi) is 3.16. The van der Waals surface area contributed by atoms with Gasteiger partial charge in [-0.1, -0.05) is 5.16 Å². The molecular formula is C11H16F2N2O3. The molecule has 1 amide bonds. The normalized spacial score (nSPS) is 27.0. The summed E-state index contributed by atoms with van der Waals surface area (Å²) in [6.45, 7) is 5.67. The van der Waals surface area contributed by atoms with Gasteiger partial charge in [0.15, 0.2) is 6.10 Å². The third-order valence-electron chi connectivity index (χ3n) is 2.81. The van der Waals surface area contributed by atoms with Gasteiger partial charge in [-0.2, -0.15) is 0 Å². The second-order valence-electron chi connectivity index (χ2n) is 5.45. The van der Waals surface area contributed by atoms with E-state index in [1.165, 1.54) is 4.90 Å². The zero-order chi connectivity index (χ0) is 13.5. The number of hydrogen-bond acceptors (Lipinski definition) is 4. The highest BCUT2D eigenvalue weighted by atomic mass is 19.3. The van der Waals surface area contributed by atoms with Gasteiger partial charge in [0, 0.05) is 6.54 Å². The molecule has 0 aliphatic carbocycles. The molecule has 0 aromatic carbocycles. The van der Waals surface area contributed by atoms with E-state index in [9.17, 15) is 13.6 Å². The summed E-state index contributed by atoms with van der Waals surface area (Å²) in [5.41, 5.74) is -0.874. The lowest BCUT2D eigenvalue weighted by Gasteiger charge is -2.24. The lowest BCUT2D eigenvalue weighted by atomic mass is 10.0. The van der Waals surface area contributed by atoms with Crippen molar-refractivity contribution < 1.29 is 23.1 Å². The maximum Gasteiger partial charge on any atom is 0.410 e. The van der Waals surface area contributed by atoms with Gasteiger partial charge < -0.3 is 14.5 Å². The zero-order valence-corrected chi connectivity index (χ0v) is 10.5. The number of carbonyl (C=O) groups is 1. The molecule has 0 spiro atoms. The van der Waals surface area contributed by atoms with E-state index in [1.54, 1.807) is 20.8 Å². The maximum absolute atomic E-state index is 12.6. The molecule has 2 aliphatic heterocycles. The van der Waals surface area contributed by atoms with Gasteiger partial charge in [-0.05, 0) is 20.8 Å². The van der Waals surface area contributed by atoms with Crippen molar-refractivity contribution in [1.29, 1.82) is 0 Å². The largest absolute Gasteiger partial charge is 0.444 e. The molecular weight excluding hydrogens is 246 g/mol. The summed E-state index contributed by atoms with van der Waals surface area (Å²) in [5, 5.41) is 3.38. The first-order chi connectivity index (χ1) is 8.28. The maximum atomic E-state index is 12.6. The highest BCUT2D eigenvalue weighted by molar-refractivity contribution is 5.91. The molecule has 7 heteroatoms. The standard InChI is InChI=1S/C11H16F2N2O3/c1-11(2,3)17-10(16)15-4-6-7(5-15)18-14-8(6)9(12)13/h6-7,9H,4-5H2,1-3H3. The van der Waals surface area contributed by atoms with Crippen LogP contribution in [0.25, 0.3) is 0 Å². The summed E-state index contributed by atoms with van der Waals surface area (Å²) in [6.07, 6.45) is -3.62. The molecule has 102 valence electrons. The first kappa shape index (κ1) is 13.0. The minimum atomic E-state index is -2.64. The molecule has 0 aromatic rings. The van der Waals surface area contributed by atoms with Crippen LogP contribution in [0.2, 0.25) is 0 Å². The fourth-order valence-corrected chi connectivity index (χ4v) is 2.04. The molecule has 0 aromatic heterocycles. The fraction of sp³-hybridized carbons (Fsp3) is 0.818. The molecule has 2 heterocycles. The Balaban J connectivity index is 1.97. The van der Waals surface area contributed by atoms with E-state index < -0.39 is 30.1 Å². The van der Waals surface area contributed by atoms with E-state index in [0.717, 1.165) is 0 Å². The van der Waals surface area contributed by atoms with E-state index in [0.29, 0.717) is 0 Å². The molecule has 2 atom stereocenters. The predicted molar refractivity (Wildman–Crippen MR) is 59.6 cm³/mol. The Morgan fingerprint density at radius 3 is 2.72 bits per heavy atom. The van der Waals surface area contributed by atoms with Crippen LogP contribution in [-0.4, -0.2) is 47.9 Å². The van der Waals surface area contributed by atoms with Gasteiger partial charge in [0.05, 0.1) is 12.5 Å². The van der Waals surface area contributed by atoms with Crippen molar-refractivity contribution in [3.8, 4) is 0 Å². The third kappa shape index (κ3) is 2.54. The van der Waals surface area contributed by atoms with Crippen molar-refractivity contribution in [2.24, 2.45) is 11.1 Å². The molecule has 0 N–H and O–H groups in total.